The smallest absolute Gasteiger partial charge is 0.318 e. The fourth-order valence-corrected chi connectivity index (χ4v) is 6.60. The van der Waals surface area contributed by atoms with Crippen molar-refractivity contribution < 1.29 is 9.47 Å². The molecule has 1 unspecified atom stereocenters. The monoisotopic (exact) mass is 545 g/mol. The van der Waals surface area contributed by atoms with E-state index in [9.17, 15) is 5.26 Å². The largest absolute Gasteiger partial charge is 0.463 e. The van der Waals surface area contributed by atoms with Gasteiger partial charge in [-0.25, -0.2) is 0 Å². The molecular formula is C31H36ClN5O2. The van der Waals surface area contributed by atoms with Crippen molar-refractivity contribution in [3.8, 4) is 12.1 Å². The van der Waals surface area contributed by atoms with Crippen LogP contribution in [0.5, 0.6) is 6.01 Å². The van der Waals surface area contributed by atoms with Crippen molar-refractivity contribution in [2.24, 2.45) is 11.3 Å². The number of ether oxygens (including phenoxy) is 2. The van der Waals surface area contributed by atoms with Crippen molar-refractivity contribution in [1.29, 1.82) is 5.26 Å². The molecule has 7 nitrogen and oxygen atoms in total. The van der Waals surface area contributed by atoms with Gasteiger partial charge in [-0.1, -0.05) is 41.9 Å². The number of nitrogens with zero attached hydrogens (tertiary/aromatic N) is 5. The summed E-state index contributed by atoms with van der Waals surface area (Å²) in [5, 5.41) is 12.2. The summed E-state index contributed by atoms with van der Waals surface area (Å²) in [7, 11) is 4.22. The highest BCUT2D eigenvalue weighted by atomic mass is 35.5. The molecule has 1 aromatic heterocycles. The zero-order chi connectivity index (χ0) is 27.0. The van der Waals surface area contributed by atoms with E-state index < -0.39 is 0 Å². The van der Waals surface area contributed by atoms with Crippen LogP contribution in [0, 0.1) is 22.7 Å². The van der Waals surface area contributed by atoms with E-state index >= 15 is 0 Å². The van der Waals surface area contributed by atoms with Gasteiger partial charge in [-0.3, -0.25) is 0 Å². The first kappa shape index (κ1) is 26.3. The Bertz CT molecular complexity index is 1390. The molecule has 3 aliphatic rings. The van der Waals surface area contributed by atoms with Gasteiger partial charge in [0.25, 0.3) is 0 Å². The van der Waals surface area contributed by atoms with E-state index in [1.54, 1.807) is 0 Å². The Labute approximate surface area is 235 Å². The summed E-state index contributed by atoms with van der Waals surface area (Å²) in [4.78, 5) is 14.5. The Morgan fingerprint density at radius 3 is 2.79 bits per heavy atom. The summed E-state index contributed by atoms with van der Waals surface area (Å²) >= 11 is 6.66. The highest BCUT2D eigenvalue weighted by molar-refractivity contribution is 6.35. The molecule has 3 heterocycles. The van der Waals surface area contributed by atoms with Crippen LogP contribution in [-0.2, 0) is 17.8 Å². The zero-order valence-electron chi connectivity index (χ0n) is 22.8. The van der Waals surface area contributed by atoms with Crippen LogP contribution in [0.4, 0.5) is 5.82 Å². The maximum absolute atomic E-state index is 9.31. The molecule has 0 spiro atoms. The first-order valence-electron chi connectivity index (χ1n) is 14.0. The van der Waals surface area contributed by atoms with Crippen molar-refractivity contribution in [2.45, 2.75) is 51.2 Å². The molecule has 2 atom stereocenters. The summed E-state index contributed by atoms with van der Waals surface area (Å²) in [6.45, 7) is 3.80. The number of aromatic nitrogens is 2. The van der Waals surface area contributed by atoms with E-state index in [4.69, 9.17) is 31.0 Å². The SMILES string of the molecule is CN(C)CC1(COc2nc3c(c(N4CCC[C@@H](CC#N)C4)n2)COC(c2cccc4cccc(Cl)c24)C3)CC1. The number of halogens is 1. The molecule has 2 fully saturated rings. The van der Waals surface area contributed by atoms with Gasteiger partial charge in [0.15, 0.2) is 0 Å². The highest BCUT2D eigenvalue weighted by Gasteiger charge is 2.44. The minimum Gasteiger partial charge on any atom is -0.463 e. The van der Waals surface area contributed by atoms with Gasteiger partial charge in [0.2, 0.25) is 0 Å². The molecule has 0 radical (unpaired) electrons. The minimum atomic E-state index is -0.159. The maximum atomic E-state index is 9.31. The van der Waals surface area contributed by atoms with Gasteiger partial charge < -0.3 is 19.3 Å². The van der Waals surface area contributed by atoms with E-state index in [-0.39, 0.29) is 11.5 Å². The van der Waals surface area contributed by atoms with Crippen molar-refractivity contribution in [2.75, 3.05) is 45.2 Å². The Morgan fingerprint density at radius 1 is 1.21 bits per heavy atom. The van der Waals surface area contributed by atoms with Gasteiger partial charge in [-0.15, -0.1) is 0 Å². The lowest BCUT2D eigenvalue weighted by atomic mass is 9.93. The molecule has 2 aromatic carbocycles. The molecule has 0 N–H and O–H groups in total. The Balaban J connectivity index is 1.33. The summed E-state index contributed by atoms with van der Waals surface area (Å²) in [5.41, 5.74) is 3.30. The van der Waals surface area contributed by atoms with Crippen LogP contribution in [0.2, 0.25) is 5.02 Å². The number of fused-ring (bicyclic) bond motifs is 2. The number of rotatable bonds is 8. The molecule has 0 bridgehead atoms. The number of benzene rings is 2. The van der Waals surface area contributed by atoms with Crippen LogP contribution in [0.3, 0.4) is 0 Å². The molecule has 6 rings (SSSR count). The molecular weight excluding hydrogens is 510 g/mol. The topological polar surface area (TPSA) is 74.5 Å². The predicted octanol–water partition coefficient (Wildman–Crippen LogP) is 5.95. The van der Waals surface area contributed by atoms with Crippen molar-refractivity contribution >= 4 is 28.2 Å². The van der Waals surface area contributed by atoms with Crippen LogP contribution in [0.15, 0.2) is 36.4 Å². The summed E-state index contributed by atoms with van der Waals surface area (Å²) < 4.78 is 12.8. The van der Waals surface area contributed by atoms with E-state index in [0.717, 1.165) is 70.9 Å². The normalized spacial score (nSPS) is 22.0. The van der Waals surface area contributed by atoms with Crippen LogP contribution < -0.4 is 9.64 Å². The van der Waals surface area contributed by atoms with Gasteiger partial charge in [0.05, 0.1) is 31.1 Å². The van der Waals surface area contributed by atoms with Crippen LogP contribution in [-0.4, -0.2) is 55.2 Å². The number of anilines is 1. The molecule has 1 aliphatic carbocycles. The van der Waals surface area contributed by atoms with Gasteiger partial charge >= 0.3 is 6.01 Å². The maximum Gasteiger partial charge on any atom is 0.318 e. The van der Waals surface area contributed by atoms with Crippen LogP contribution in [0.1, 0.15) is 55.0 Å². The Morgan fingerprint density at radius 2 is 2.03 bits per heavy atom. The Kier molecular flexibility index (Phi) is 7.37. The third-order valence-electron chi connectivity index (χ3n) is 8.41. The van der Waals surface area contributed by atoms with E-state index in [1.807, 2.05) is 12.1 Å². The number of nitriles is 1. The third kappa shape index (κ3) is 5.56. The number of hydrogen-bond acceptors (Lipinski definition) is 7. The van der Waals surface area contributed by atoms with Crippen LogP contribution in [0.25, 0.3) is 10.8 Å². The second-order valence-corrected chi connectivity index (χ2v) is 12.2. The summed E-state index contributed by atoms with van der Waals surface area (Å²) in [6, 6.07) is 15.1. The molecule has 8 heteroatoms. The predicted molar refractivity (Wildman–Crippen MR) is 153 cm³/mol. The molecule has 3 aromatic rings. The second kappa shape index (κ2) is 10.9. The van der Waals surface area contributed by atoms with Crippen molar-refractivity contribution in [1.82, 2.24) is 14.9 Å². The number of hydrogen-bond donors (Lipinski definition) is 0. The standard InChI is InChI=1S/C31H36ClN5O2/c1-36(2)19-31(12-13-31)20-39-30-34-26-16-27(23-9-3-7-22-8-4-10-25(32)28(22)23)38-18-24(26)29(35-30)37-15-5-6-21(17-37)11-14-33/h3-4,7-10,21,27H,5-6,11-13,15-20H2,1-2H3/t21-,27?/m0/s1. The fourth-order valence-electron chi connectivity index (χ4n) is 6.31. The summed E-state index contributed by atoms with van der Waals surface area (Å²) in [5.74, 6) is 1.26. The van der Waals surface area contributed by atoms with Crippen molar-refractivity contribution in [3.63, 3.8) is 0 Å². The lowest BCUT2D eigenvalue weighted by Gasteiger charge is -2.36. The van der Waals surface area contributed by atoms with Gasteiger partial charge in [-0.05, 0) is 62.7 Å². The van der Waals surface area contributed by atoms with Crippen LogP contribution >= 0.6 is 11.6 Å². The molecule has 1 saturated carbocycles. The third-order valence-corrected chi connectivity index (χ3v) is 8.72. The molecule has 2 aliphatic heterocycles. The highest BCUT2D eigenvalue weighted by Crippen LogP contribution is 2.46. The second-order valence-electron chi connectivity index (χ2n) is 11.8. The first-order chi connectivity index (χ1) is 18.9. The van der Waals surface area contributed by atoms with Gasteiger partial charge in [-0.2, -0.15) is 15.2 Å². The average molecular weight is 546 g/mol. The van der Waals surface area contributed by atoms with Gasteiger partial charge in [0.1, 0.15) is 5.82 Å². The quantitative estimate of drug-likeness (QED) is 0.346. The summed E-state index contributed by atoms with van der Waals surface area (Å²) in [6.07, 6.45) is 5.50. The molecule has 0 amide bonds. The lowest BCUT2D eigenvalue weighted by molar-refractivity contribution is 0.0264. The zero-order valence-corrected chi connectivity index (χ0v) is 23.6. The lowest BCUT2D eigenvalue weighted by Crippen LogP contribution is -2.37. The van der Waals surface area contributed by atoms with E-state index in [2.05, 4.69) is 54.2 Å². The van der Waals surface area contributed by atoms with E-state index in [0.29, 0.717) is 38.0 Å². The fraction of sp³-hybridized carbons (Fsp3) is 0.516. The van der Waals surface area contributed by atoms with E-state index in [1.165, 1.54) is 12.8 Å². The van der Waals surface area contributed by atoms with Crippen molar-refractivity contribution in [3.05, 3.63) is 58.2 Å². The molecule has 39 heavy (non-hydrogen) atoms. The average Bonchev–Trinajstić information content (AvgIpc) is 3.70. The first-order valence-corrected chi connectivity index (χ1v) is 14.4. The molecule has 1 saturated heterocycles. The van der Waals surface area contributed by atoms with Gasteiger partial charge in [0, 0.05) is 53.9 Å². The minimum absolute atomic E-state index is 0.159. The molecule has 204 valence electrons. The Hall–Kier alpha value is -2.92. The number of piperidine rings is 1.